The Morgan fingerprint density at radius 3 is 2.57 bits per heavy atom. The highest BCUT2D eigenvalue weighted by atomic mass is 79.9. The van der Waals surface area contributed by atoms with E-state index in [1.807, 2.05) is 0 Å². The predicted molar refractivity (Wildman–Crippen MR) is 59.1 cm³/mol. The number of hydrogen-bond acceptors (Lipinski definition) is 2. The third-order valence-corrected chi connectivity index (χ3v) is 2.62. The Morgan fingerprint density at radius 1 is 1.36 bits per heavy atom. The molecule has 0 saturated carbocycles. The first-order valence-corrected chi connectivity index (χ1v) is 5.30. The van der Waals surface area contributed by atoms with Gasteiger partial charge in [-0.25, -0.2) is 0 Å². The fourth-order valence-electron chi connectivity index (χ4n) is 1.18. The van der Waals surface area contributed by atoms with E-state index in [0.717, 1.165) is 0 Å². The Bertz CT molecular complexity index is 343. The van der Waals surface area contributed by atoms with Crippen LogP contribution < -0.4 is 0 Å². The topological polar surface area (TPSA) is 40.5 Å². The molecule has 2 nitrogen and oxygen atoms in total. The Balaban J connectivity index is 3.01. The summed E-state index contributed by atoms with van der Waals surface area (Å²) < 4.78 is 0. The lowest BCUT2D eigenvalue weighted by Crippen LogP contribution is -2.20. The van der Waals surface area contributed by atoms with E-state index in [1.165, 1.54) is 0 Å². The highest BCUT2D eigenvalue weighted by Gasteiger charge is 2.18. The van der Waals surface area contributed by atoms with Gasteiger partial charge in [-0.3, -0.25) is 0 Å². The molecule has 0 fully saturated rings. The lowest BCUT2D eigenvalue weighted by molar-refractivity contribution is 0.0341. The van der Waals surface area contributed by atoms with E-state index in [1.54, 1.807) is 24.3 Å². The second-order valence-corrected chi connectivity index (χ2v) is 3.55. The van der Waals surface area contributed by atoms with Gasteiger partial charge < -0.3 is 10.2 Å². The summed E-state index contributed by atoms with van der Waals surface area (Å²) in [5, 5.41) is 19.5. The largest absolute Gasteiger partial charge is 0.389 e. The molecule has 3 heteroatoms. The van der Waals surface area contributed by atoms with Crippen LogP contribution >= 0.6 is 15.9 Å². The highest BCUT2D eigenvalue weighted by Crippen LogP contribution is 2.21. The van der Waals surface area contributed by atoms with Crippen LogP contribution in [0.25, 0.3) is 0 Å². The molecule has 2 atom stereocenters. The van der Waals surface area contributed by atoms with E-state index in [2.05, 4.69) is 21.9 Å². The number of alkyl halides is 1. The highest BCUT2D eigenvalue weighted by molar-refractivity contribution is 9.09. The van der Waals surface area contributed by atoms with Crippen molar-refractivity contribution in [1.29, 1.82) is 0 Å². The maximum atomic E-state index is 9.73. The standard InChI is InChI=1S/C11H11BrO2/c1-2-8-5-3-4-6-9(8)11(14)10(13)7-12/h1,3-6,10-11,13-14H,7H2. The molecule has 2 N–H and O–H groups in total. The Labute approximate surface area is 91.7 Å². The van der Waals surface area contributed by atoms with Crippen molar-refractivity contribution >= 4 is 15.9 Å². The monoisotopic (exact) mass is 254 g/mol. The molecule has 0 bridgehead atoms. The van der Waals surface area contributed by atoms with Crippen molar-refractivity contribution in [3.05, 3.63) is 35.4 Å². The summed E-state index contributed by atoms with van der Waals surface area (Å²) in [7, 11) is 0. The molecule has 1 aromatic carbocycles. The van der Waals surface area contributed by atoms with E-state index < -0.39 is 12.2 Å². The number of hydrogen-bond donors (Lipinski definition) is 2. The molecule has 74 valence electrons. The number of benzene rings is 1. The number of halogens is 1. The van der Waals surface area contributed by atoms with E-state index in [-0.39, 0.29) is 0 Å². The maximum absolute atomic E-state index is 9.73. The van der Waals surface area contributed by atoms with Gasteiger partial charge in [-0.05, 0) is 11.6 Å². The second kappa shape index (κ2) is 5.16. The lowest BCUT2D eigenvalue weighted by atomic mass is 10.00. The smallest absolute Gasteiger partial charge is 0.107 e. The van der Waals surface area contributed by atoms with Crippen molar-refractivity contribution in [2.75, 3.05) is 5.33 Å². The first-order valence-electron chi connectivity index (χ1n) is 4.18. The van der Waals surface area contributed by atoms with E-state index in [9.17, 15) is 10.2 Å². The maximum Gasteiger partial charge on any atom is 0.107 e. The molecule has 0 amide bonds. The van der Waals surface area contributed by atoms with Gasteiger partial charge in [0.25, 0.3) is 0 Å². The number of rotatable bonds is 3. The van der Waals surface area contributed by atoms with Crippen LogP contribution in [0.2, 0.25) is 0 Å². The van der Waals surface area contributed by atoms with Crippen molar-refractivity contribution in [1.82, 2.24) is 0 Å². The normalized spacial score (nSPS) is 14.4. The quantitative estimate of drug-likeness (QED) is 0.634. The molecule has 0 aromatic heterocycles. The van der Waals surface area contributed by atoms with Gasteiger partial charge in [0, 0.05) is 10.9 Å². The molecule has 0 radical (unpaired) electrons. The molecule has 1 aromatic rings. The van der Waals surface area contributed by atoms with Crippen LogP contribution in [0.3, 0.4) is 0 Å². The number of terminal acetylenes is 1. The van der Waals surface area contributed by atoms with Gasteiger partial charge in [0.2, 0.25) is 0 Å². The summed E-state index contributed by atoms with van der Waals surface area (Å²) in [6.07, 6.45) is 3.49. The first kappa shape index (κ1) is 11.3. The van der Waals surface area contributed by atoms with Crippen LogP contribution in [0.15, 0.2) is 24.3 Å². The van der Waals surface area contributed by atoms with Gasteiger partial charge in [0.15, 0.2) is 0 Å². The summed E-state index contributed by atoms with van der Waals surface area (Å²) in [6.45, 7) is 0. The summed E-state index contributed by atoms with van der Waals surface area (Å²) >= 11 is 3.10. The fraction of sp³-hybridized carbons (Fsp3) is 0.273. The summed E-state index contributed by atoms with van der Waals surface area (Å²) in [5.41, 5.74) is 1.20. The minimum absolute atomic E-state index is 0.313. The minimum atomic E-state index is -0.943. The fourth-order valence-corrected chi connectivity index (χ4v) is 1.53. The minimum Gasteiger partial charge on any atom is -0.389 e. The average Bonchev–Trinajstić information content (AvgIpc) is 2.26. The SMILES string of the molecule is C#Cc1ccccc1C(O)C(O)CBr. The van der Waals surface area contributed by atoms with Gasteiger partial charge >= 0.3 is 0 Å². The van der Waals surface area contributed by atoms with Crippen LogP contribution in [-0.2, 0) is 0 Å². The Morgan fingerprint density at radius 2 is 2.00 bits per heavy atom. The zero-order valence-corrected chi connectivity index (χ0v) is 9.11. The van der Waals surface area contributed by atoms with E-state index in [4.69, 9.17) is 6.42 Å². The van der Waals surface area contributed by atoms with Crippen molar-refractivity contribution in [3.8, 4) is 12.3 Å². The van der Waals surface area contributed by atoms with E-state index in [0.29, 0.717) is 16.5 Å². The lowest BCUT2D eigenvalue weighted by Gasteiger charge is -2.17. The van der Waals surface area contributed by atoms with E-state index >= 15 is 0 Å². The predicted octanol–water partition coefficient (Wildman–Crippen LogP) is 1.46. The van der Waals surface area contributed by atoms with Crippen molar-refractivity contribution in [2.45, 2.75) is 12.2 Å². The Kier molecular flexibility index (Phi) is 4.15. The molecule has 0 saturated heterocycles. The summed E-state index contributed by atoms with van der Waals surface area (Å²) in [6, 6.07) is 7.03. The van der Waals surface area contributed by atoms with Crippen molar-refractivity contribution in [3.63, 3.8) is 0 Å². The van der Waals surface area contributed by atoms with Gasteiger partial charge in [-0.1, -0.05) is 40.0 Å². The van der Waals surface area contributed by atoms with Crippen LogP contribution in [-0.4, -0.2) is 21.6 Å². The molecular weight excluding hydrogens is 244 g/mol. The zero-order chi connectivity index (χ0) is 10.6. The molecule has 14 heavy (non-hydrogen) atoms. The third-order valence-electron chi connectivity index (χ3n) is 1.96. The Hall–Kier alpha value is -0.820. The molecule has 0 aliphatic carbocycles. The molecule has 1 rings (SSSR count). The van der Waals surface area contributed by atoms with Gasteiger partial charge in [0.05, 0.1) is 6.10 Å². The summed E-state index contributed by atoms with van der Waals surface area (Å²) in [5.74, 6) is 2.47. The molecule has 2 unspecified atom stereocenters. The van der Waals surface area contributed by atoms with Crippen molar-refractivity contribution < 1.29 is 10.2 Å². The second-order valence-electron chi connectivity index (χ2n) is 2.90. The first-order chi connectivity index (χ1) is 6.70. The molecule has 0 aliphatic rings. The number of aliphatic hydroxyl groups excluding tert-OH is 2. The van der Waals surface area contributed by atoms with Crippen LogP contribution in [0, 0.1) is 12.3 Å². The van der Waals surface area contributed by atoms with Crippen molar-refractivity contribution in [2.24, 2.45) is 0 Å². The molecule has 0 aliphatic heterocycles. The van der Waals surface area contributed by atoms with Gasteiger partial charge in [0.1, 0.15) is 6.10 Å². The van der Waals surface area contributed by atoms with Gasteiger partial charge in [-0.15, -0.1) is 6.42 Å². The van der Waals surface area contributed by atoms with Crippen LogP contribution in [0.1, 0.15) is 17.2 Å². The van der Waals surface area contributed by atoms with Crippen LogP contribution in [0.5, 0.6) is 0 Å². The molecule has 0 heterocycles. The van der Waals surface area contributed by atoms with Crippen LogP contribution in [0.4, 0.5) is 0 Å². The van der Waals surface area contributed by atoms with Gasteiger partial charge in [-0.2, -0.15) is 0 Å². The number of aliphatic hydroxyl groups is 2. The third kappa shape index (κ3) is 2.36. The summed E-state index contributed by atoms with van der Waals surface area (Å²) in [4.78, 5) is 0. The molecule has 0 spiro atoms. The average molecular weight is 255 g/mol. The zero-order valence-electron chi connectivity index (χ0n) is 7.52. The molecular formula is C11H11BrO2.